The molecular formula is C19H22F2N4OS. The van der Waals surface area contributed by atoms with Gasteiger partial charge in [0.15, 0.2) is 16.5 Å². The van der Waals surface area contributed by atoms with E-state index in [0.717, 1.165) is 41.2 Å². The first-order valence-corrected chi connectivity index (χ1v) is 10.1. The average molecular weight is 392 g/mol. The fourth-order valence-electron chi connectivity index (χ4n) is 3.18. The number of aryl methyl sites for hydroxylation is 4. The molecule has 2 N–H and O–H groups in total. The maximum absolute atomic E-state index is 13.8. The lowest BCUT2D eigenvalue weighted by atomic mass is 10.2. The van der Waals surface area contributed by atoms with Crippen LogP contribution in [0.5, 0.6) is 0 Å². The van der Waals surface area contributed by atoms with Gasteiger partial charge in [0.1, 0.15) is 22.9 Å². The standard InChI is InChI=1S/C19H22F2N4OS/c1-4-16-24-17-18(11(2)12(3)23-19(17)22)25(16)8-5-9-27(26)15-7-6-13(20)10-14(15)21/h6-7,10H,4-5,8-9H2,1-3H3,(H2,22,23). The van der Waals surface area contributed by atoms with Crippen molar-refractivity contribution in [3.05, 3.63) is 46.9 Å². The van der Waals surface area contributed by atoms with Crippen LogP contribution in [0.25, 0.3) is 11.0 Å². The van der Waals surface area contributed by atoms with E-state index in [2.05, 4.69) is 14.5 Å². The highest BCUT2D eigenvalue weighted by Crippen LogP contribution is 2.27. The second-order valence-electron chi connectivity index (χ2n) is 6.42. The molecule has 0 spiro atoms. The summed E-state index contributed by atoms with van der Waals surface area (Å²) >= 11 is -1.53. The molecule has 0 saturated heterocycles. The lowest BCUT2D eigenvalue weighted by molar-refractivity contribution is 0.545. The SMILES string of the molecule is CCc1nc2c(N)nc(C)c(C)c2n1CCC[S+]([O-])c1ccc(F)cc1F. The summed E-state index contributed by atoms with van der Waals surface area (Å²) in [6, 6.07) is 3.12. The Kier molecular flexibility index (Phi) is 5.67. The number of hydrogen-bond acceptors (Lipinski definition) is 4. The normalized spacial score (nSPS) is 12.7. The highest BCUT2D eigenvalue weighted by atomic mass is 32.2. The predicted molar refractivity (Wildman–Crippen MR) is 103 cm³/mol. The molecule has 0 aliphatic rings. The first-order chi connectivity index (χ1) is 12.8. The number of benzene rings is 1. The summed E-state index contributed by atoms with van der Waals surface area (Å²) in [6.07, 6.45) is 1.28. The van der Waals surface area contributed by atoms with Gasteiger partial charge in [0.2, 0.25) is 0 Å². The highest BCUT2D eigenvalue weighted by Gasteiger charge is 2.19. The van der Waals surface area contributed by atoms with Gasteiger partial charge < -0.3 is 14.9 Å². The lowest BCUT2D eigenvalue weighted by Crippen LogP contribution is -2.13. The van der Waals surface area contributed by atoms with E-state index < -0.39 is 22.8 Å². The van der Waals surface area contributed by atoms with Crippen molar-refractivity contribution in [2.45, 2.75) is 45.1 Å². The molecule has 5 nitrogen and oxygen atoms in total. The van der Waals surface area contributed by atoms with Crippen molar-refractivity contribution >= 4 is 28.0 Å². The smallest absolute Gasteiger partial charge is 0.188 e. The summed E-state index contributed by atoms with van der Waals surface area (Å²) in [5.74, 6) is 0.0949. The van der Waals surface area contributed by atoms with Crippen LogP contribution in [0.2, 0.25) is 0 Å². The summed E-state index contributed by atoms with van der Waals surface area (Å²) in [7, 11) is 0. The fourth-order valence-corrected chi connectivity index (χ4v) is 4.29. The Bertz CT molecular complexity index is 990. The minimum Gasteiger partial charge on any atom is -0.611 e. The van der Waals surface area contributed by atoms with Gasteiger partial charge >= 0.3 is 0 Å². The molecule has 3 aromatic rings. The third-order valence-electron chi connectivity index (χ3n) is 4.64. The zero-order valence-corrected chi connectivity index (χ0v) is 16.4. The van der Waals surface area contributed by atoms with Crippen LogP contribution in [-0.4, -0.2) is 24.8 Å². The molecule has 2 heterocycles. The number of nitrogen functional groups attached to an aromatic ring is 1. The van der Waals surface area contributed by atoms with Crippen LogP contribution >= 0.6 is 0 Å². The van der Waals surface area contributed by atoms with Gasteiger partial charge in [-0.15, -0.1) is 0 Å². The van der Waals surface area contributed by atoms with Crippen molar-refractivity contribution in [1.29, 1.82) is 0 Å². The molecule has 0 aliphatic heterocycles. The minimum absolute atomic E-state index is 0.0306. The van der Waals surface area contributed by atoms with Gasteiger partial charge in [-0.3, -0.25) is 0 Å². The topological polar surface area (TPSA) is 79.8 Å². The van der Waals surface area contributed by atoms with Gasteiger partial charge in [0, 0.05) is 31.1 Å². The van der Waals surface area contributed by atoms with Gasteiger partial charge in [-0.2, -0.15) is 0 Å². The number of pyridine rings is 1. The maximum atomic E-state index is 13.8. The summed E-state index contributed by atoms with van der Waals surface area (Å²) in [5, 5.41) is 0. The first kappa shape index (κ1) is 19.6. The molecule has 0 radical (unpaired) electrons. The molecular weight excluding hydrogens is 370 g/mol. The quantitative estimate of drug-likeness (QED) is 0.649. The Morgan fingerprint density at radius 1 is 1.22 bits per heavy atom. The minimum atomic E-state index is -1.53. The van der Waals surface area contributed by atoms with E-state index in [1.165, 1.54) is 6.07 Å². The van der Waals surface area contributed by atoms with Crippen molar-refractivity contribution in [1.82, 2.24) is 14.5 Å². The van der Waals surface area contributed by atoms with Crippen molar-refractivity contribution in [3.63, 3.8) is 0 Å². The van der Waals surface area contributed by atoms with E-state index in [-0.39, 0.29) is 10.6 Å². The third kappa shape index (κ3) is 3.77. The van der Waals surface area contributed by atoms with Gasteiger partial charge in [-0.05, 0) is 42.7 Å². The maximum Gasteiger partial charge on any atom is 0.188 e. The number of nitrogens with zero attached hydrogens (tertiary/aromatic N) is 3. The Balaban J connectivity index is 1.82. The number of halogens is 2. The molecule has 0 bridgehead atoms. The molecule has 27 heavy (non-hydrogen) atoms. The molecule has 1 atom stereocenters. The van der Waals surface area contributed by atoms with Crippen molar-refractivity contribution in [2.75, 3.05) is 11.5 Å². The summed E-state index contributed by atoms with van der Waals surface area (Å²) in [4.78, 5) is 8.98. The van der Waals surface area contributed by atoms with Gasteiger partial charge in [-0.25, -0.2) is 18.7 Å². The Labute approximate surface area is 159 Å². The van der Waals surface area contributed by atoms with Crippen LogP contribution in [-0.2, 0) is 24.1 Å². The van der Waals surface area contributed by atoms with Crippen LogP contribution < -0.4 is 5.73 Å². The lowest BCUT2D eigenvalue weighted by Gasteiger charge is -2.13. The third-order valence-corrected chi connectivity index (χ3v) is 6.12. The molecule has 3 rings (SSSR count). The molecule has 8 heteroatoms. The van der Waals surface area contributed by atoms with Crippen molar-refractivity contribution in [3.8, 4) is 0 Å². The van der Waals surface area contributed by atoms with Gasteiger partial charge in [0.25, 0.3) is 0 Å². The number of imidazole rings is 1. The predicted octanol–water partition coefficient (Wildman–Crippen LogP) is 3.67. The van der Waals surface area contributed by atoms with Gasteiger partial charge in [0.05, 0.1) is 5.52 Å². The second-order valence-corrected chi connectivity index (χ2v) is 7.95. The van der Waals surface area contributed by atoms with E-state index in [9.17, 15) is 13.3 Å². The largest absolute Gasteiger partial charge is 0.611 e. The number of anilines is 1. The Morgan fingerprint density at radius 3 is 2.63 bits per heavy atom. The number of rotatable bonds is 6. The molecule has 144 valence electrons. The van der Waals surface area contributed by atoms with Crippen LogP contribution in [0.3, 0.4) is 0 Å². The summed E-state index contributed by atoms with van der Waals surface area (Å²) < 4.78 is 41.3. The van der Waals surface area contributed by atoms with Crippen molar-refractivity contribution < 1.29 is 13.3 Å². The first-order valence-electron chi connectivity index (χ1n) is 8.78. The Hall–Kier alpha value is -2.19. The molecule has 2 aromatic heterocycles. The molecule has 0 fully saturated rings. The second kappa shape index (κ2) is 7.82. The highest BCUT2D eigenvalue weighted by molar-refractivity contribution is 7.91. The number of hydrogen-bond donors (Lipinski definition) is 1. The van der Waals surface area contributed by atoms with Crippen LogP contribution in [0.15, 0.2) is 23.1 Å². The number of nitrogens with two attached hydrogens (primary N) is 1. The molecule has 1 aromatic carbocycles. The van der Waals surface area contributed by atoms with Crippen LogP contribution in [0, 0.1) is 25.5 Å². The zero-order valence-electron chi connectivity index (χ0n) is 15.6. The van der Waals surface area contributed by atoms with E-state index in [0.29, 0.717) is 24.3 Å². The van der Waals surface area contributed by atoms with E-state index >= 15 is 0 Å². The number of aromatic nitrogens is 3. The molecule has 1 unspecified atom stereocenters. The zero-order chi connectivity index (χ0) is 19.7. The van der Waals surface area contributed by atoms with Gasteiger partial charge in [-0.1, -0.05) is 6.92 Å². The van der Waals surface area contributed by atoms with Crippen LogP contribution in [0.4, 0.5) is 14.6 Å². The molecule has 0 amide bonds. The summed E-state index contributed by atoms with van der Waals surface area (Å²) in [5.41, 5.74) is 9.52. The van der Waals surface area contributed by atoms with E-state index in [1.54, 1.807) is 0 Å². The van der Waals surface area contributed by atoms with Crippen molar-refractivity contribution in [2.24, 2.45) is 0 Å². The Morgan fingerprint density at radius 2 is 1.96 bits per heavy atom. The fraction of sp³-hybridized carbons (Fsp3) is 0.368. The number of fused-ring (bicyclic) bond motifs is 1. The van der Waals surface area contributed by atoms with E-state index in [1.807, 2.05) is 20.8 Å². The van der Waals surface area contributed by atoms with Crippen LogP contribution in [0.1, 0.15) is 30.4 Å². The average Bonchev–Trinajstić information content (AvgIpc) is 2.99. The molecule has 0 aliphatic carbocycles. The van der Waals surface area contributed by atoms with E-state index in [4.69, 9.17) is 5.73 Å². The molecule has 0 saturated carbocycles. The monoisotopic (exact) mass is 392 g/mol. The summed E-state index contributed by atoms with van der Waals surface area (Å²) in [6.45, 7) is 6.47.